The van der Waals surface area contributed by atoms with Crippen LogP contribution >= 0.6 is 0 Å². The molecular formula is C10H13N5O2S. The first-order valence-electron chi connectivity index (χ1n) is 5.21. The fraction of sp³-hybridized carbons (Fsp3) is 0.200. The highest BCUT2D eigenvalue weighted by Crippen LogP contribution is 2.15. The van der Waals surface area contributed by atoms with E-state index in [9.17, 15) is 8.42 Å². The van der Waals surface area contributed by atoms with Crippen LogP contribution in [-0.2, 0) is 10.0 Å². The van der Waals surface area contributed by atoms with Gasteiger partial charge in [0.25, 0.3) is 0 Å². The fourth-order valence-electron chi connectivity index (χ4n) is 1.42. The molecule has 7 nitrogen and oxygen atoms in total. The van der Waals surface area contributed by atoms with Crippen LogP contribution in [0, 0.1) is 0 Å². The van der Waals surface area contributed by atoms with Crippen LogP contribution in [0.3, 0.4) is 0 Å². The number of pyridine rings is 1. The van der Waals surface area contributed by atoms with Gasteiger partial charge >= 0.3 is 0 Å². The number of H-pyrrole nitrogens is 1. The minimum atomic E-state index is -3.61. The van der Waals surface area contributed by atoms with Crippen LogP contribution < -0.4 is 10.5 Å². The van der Waals surface area contributed by atoms with Crippen molar-refractivity contribution in [2.75, 3.05) is 5.73 Å². The van der Waals surface area contributed by atoms with Crippen LogP contribution in [0.25, 0.3) is 0 Å². The van der Waals surface area contributed by atoms with E-state index in [2.05, 4.69) is 19.9 Å². The zero-order chi connectivity index (χ0) is 13.2. The molecule has 2 rings (SSSR count). The monoisotopic (exact) mass is 267 g/mol. The lowest BCUT2D eigenvalue weighted by Crippen LogP contribution is -2.26. The van der Waals surface area contributed by atoms with Crippen molar-refractivity contribution in [3.8, 4) is 0 Å². The van der Waals surface area contributed by atoms with E-state index in [0.29, 0.717) is 0 Å². The molecule has 2 aromatic heterocycles. The van der Waals surface area contributed by atoms with Gasteiger partial charge < -0.3 is 5.73 Å². The number of sulfonamides is 1. The molecule has 0 saturated carbocycles. The fourth-order valence-corrected chi connectivity index (χ4v) is 2.59. The molecule has 1 unspecified atom stereocenters. The Balaban J connectivity index is 2.20. The van der Waals surface area contributed by atoms with E-state index in [0.717, 1.165) is 5.56 Å². The number of anilines is 1. The molecule has 96 valence electrons. The molecule has 0 saturated heterocycles. The quantitative estimate of drug-likeness (QED) is 0.743. The Morgan fingerprint density at radius 3 is 2.72 bits per heavy atom. The maximum Gasteiger partial charge on any atom is 0.242 e. The second kappa shape index (κ2) is 4.75. The summed E-state index contributed by atoms with van der Waals surface area (Å²) >= 11 is 0. The van der Waals surface area contributed by atoms with Crippen LogP contribution in [0.15, 0.2) is 35.6 Å². The number of aromatic nitrogens is 3. The molecule has 0 bridgehead atoms. The Labute approximate surface area is 104 Å². The zero-order valence-corrected chi connectivity index (χ0v) is 10.5. The van der Waals surface area contributed by atoms with Crippen LogP contribution in [-0.4, -0.2) is 23.6 Å². The summed E-state index contributed by atoms with van der Waals surface area (Å²) in [6.07, 6.45) is 4.42. The van der Waals surface area contributed by atoms with Crippen molar-refractivity contribution >= 4 is 15.8 Å². The van der Waals surface area contributed by atoms with E-state index in [1.54, 1.807) is 19.3 Å². The molecule has 0 fully saturated rings. The maximum absolute atomic E-state index is 12.0. The third-order valence-electron chi connectivity index (χ3n) is 2.42. The van der Waals surface area contributed by atoms with Crippen molar-refractivity contribution in [2.24, 2.45) is 0 Å². The second-order valence-electron chi connectivity index (χ2n) is 3.79. The molecule has 0 amide bonds. The highest BCUT2D eigenvalue weighted by atomic mass is 32.2. The lowest BCUT2D eigenvalue weighted by molar-refractivity contribution is 0.566. The van der Waals surface area contributed by atoms with Gasteiger partial charge in [-0.1, -0.05) is 0 Å². The average molecular weight is 267 g/mol. The normalized spacial score (nSPS) is 13.4. The predicted octanol–water partition coefficient (Wildman–Crippen LogP) is 0.426. The standard InChI is InChI=1S/C10H13N5O2S/c1-7(8-4-13-14-5-8)15-18(16,17)9-2-3-10(11)12-6-9/h2-7,15H,1H3,(H2,11,12)(H,13,14). The van der Waals surface area contributed by atoms with E-state index >= 15 is 0 Å². The number of rotatable bonds is 4. The summed E-state index contributed by atoms with van der Waals surface area (Å²) in [5.74, 6) is 0.275. The van der Waals surface area contributed by atoms with Gasteiger partial charge in [-0.05, 0) is 19.1 Å². The van der Waals surface area contributed by atoms with Crippen molar-refractivity contribution < 1.29 is 8.42 Å². The number of nitrogens with one attached hydrogen (secondary N) is 2. The third-order valence-corrected chi connectivity index (χ3v) is 3.95. The Kier molecular flexibility index (Phi) is 3.30. The van der Waals surface area contributed by atoms with Gasteiger partial charge in [0.2, 0.25) is 10.0 Å². The van der Waals surface area contributed by atoms with Gasteiger partial charge in [-0.25, -0.2) is 18.1 Å². The van der Waals surface area contributed by atoms with Crippen molar-refractivity contribution in [3.05, 3.63) is 36.3 Å². The van der Waals surface area contributed by atoms with Gasteiger partial charge in [-0.3, -0.25) is 5.10 Å². The molecule has 0 radical (unpaired) electrons. The molecule has 4 N–H and O–H groups in total. The van der Waals surface area contributed by atoms with Gasteiger partial charge in [-0.15, -0.1) is 0 Å². The van der Waals surface area contributed by atoms with E-state index in [4.69, 9.17) is 5.73 Å². The molecule has 0 aliphatic rings. The number of hydrogen-bond acceptors (Lipinski definition) is 5. The Hall–Kier alpha value is -1.93. The second-order valence-corrected chi connectivity index (χ2v) is 5.51. The topological polar surface area (TPSA) is 114 Å². The molecule has 2 heterocycles. The summed E-state index contributed by atoms with van der Waals surface area (Å²) in [7, 11) is -3.61. The third kappa shape index (κ3) is 2.66. The van der Waals surface area contributed by atoms with Crippen LogP contribution in [0.4, 0.5) is 5.82 Å². The van der Waals surface area contributed by atoms with Crippen molar-refractivity contribution in [1.82, 2.24) is 19.9 Å². The summed E-state index contributed by atoms with van der Waals surface area (Å²) in [4.78, 5) is 3.83. The largest absolute Gasteiger partial charge is 0.384 e. The SMILES string of the molecule is CC(NS(=O)(=O)c1ccc(N)nc1)c1cn[nH]c1. The molecule has 0 aromatic carbocycles. The smallest absolute Gasteiger partial charge is 0.242 e. The summed E-state index contributed by atoms with van der Waals surface area (Å²) in [5.41, 5.74) is 6.16. The van der Waals surface area contributed by atoms with Gasteiger partial charge in [0.15, 0.2) is 0 Å². The minimum absolute atomic E-state index is 0.0760. The lowest BCUT2D eigenvalue weighted by Gasteiger charge is -2.12. The van der Waals surface area contributed by atoms with Gasteiger partial charge in [0.1, 0.15) is 10.7 Å². The number of nitrogens with zero attached hydrogens (tertiary/aromatic N) is 2. The predicted molar refractivity (Wildman–Crippen MR) is 66.0 cm³/mol. The Bertz CT molecular complexity index is 606. The molecule has 0 aliphatic heterocycles. The minimum Gasteiger partial charge on any atom is -0.384 e. The highest BCUT2D eigenvalue weighted by molar-refractivity contribution is 7.89. The van der Waals surface area contributed by atoms with Crippen LogP contribution in [0.1, 0.15) is 18.5 Å². The summed E-state index contributed by atoms with van der Waals surface area (Å²) < 4.78 is 26.6. The number of aromatic amines is 1. The summed E-state index contributed by atoms with van der Waals surface area (Å²) in [6, 6.07) is 2.47. The van der Waals surface area contributed by atoms with Crippen molar-refractivity contribution in [2.45, 2.75) is 17.9 Å². The van der Waals surface area contributed by atoms with Crippen LogP contribution in [0.5, 0.6) is 0 Å². The molecule has 8 heteroatoms. The molecule has 0 spiro atoms. The van der Waals surface area contributed by atoms with Gasteiger partial charge in [0.05, 0.1) is 6.20 Å². The van der Waals surface area contributed by atoms with Crippen LogP contribution in [0.2, 0.25) is 0 Å². The maximum atomic E-state index is 12.0. The van der Waals surface area contributed by atoms with E-state index in [1.165, 1.54) is 18.3 Å². The summed E-state index contributed by atoms with van der Waals surface area (Å²) in [6.45, 7) is 1.73. The molecule has 2 aromatic rings. The lowest BCUT2D eigenvalue weighted by atomic mass is 10.2. The number of nitrogens with two attached hydrogens (primary N) is 1. The zero-order valence-electron chi connectivity index (χ0n) is 9.66. The van der Waals surface area contributed by atoms with E-state index < -0.39 is 10.0 Å². The van der Waals surface area contributed by atoms with Crippen molar-refractivity contribution in [1.29, 1.82) is 0 Å². The molecule has 18 heavy (non-hydrogen) atoms. The number of hydrogen-bond donors (Lipinski definition) is 3. The first kappa shape index (κ1) is 12.5. The molecule has 1 atom stereocenters. The van der Waals surface area contributed by atoms with E-state index in [1.807, 2.05) is 0 Å². The highest BCUT2D eigenvalue weighted by Gasteiger charge is 2.19. The first-order valence-corrected chi connectivity index (χ1v) is 6.70. The van der Waals surface area contributed by atoms with Gasteiger partial charge in [-0.2, -0.15) is 5.10 Å². The average Bonchev–Trinajstić information content (AvgIpc) is 2.82. The number of nitrogen functional groups attached to an aromatic ring is 1. The first-order chi connectivity index (χ1) is 8.49. The Morgan fingerprint density at radius 1 is 1.39 bits per heavy atom. The molecule has 0 aliphatic carbocycles. The molecular weight excluding hydrogens is 254 g/mol. The van der Waals surface area contributed by atoms with E-state index in [-0.39, 0.29) is 16.8 Å². The van der Waals surface area contributed by atoms with Crippen molar-refractivity contribution in [3.63, 3.8) is 0 Å². The van der Waals surface area contributed by atoms with Gasteiger partial charge in [0, 0.05) is 24.0 Å². The summed E-state index contributed by atoms with van der Waals surface area (Å²) in [5, 5.41) is 6.40. The Morgan fingerprint density at radius 2 is 2.17 bits per heavy atom.